The maximum atomic E-state index is 14.1. The molecule has 19 heavy (non-hydrogen) atoms. The molecule has 1 aromatic heterocycles. The highest BCUT2D eigenvalue weighted by Gasteiger charge is 2.19. The van der Waals surface area contributed by atoms with Crippen LogP contribution in [-0.4, -0.2) is 23.0 Å². The average Bonchev–Trinajstić information content (AvgIpc) is 2.41. The smallest absolute Gasteiger partial charge is 0.359 e. The van der Waals surface area contributed by atoms with E-state index >= 15 is 0 Å². The first kappa shape index (κ1) is 13.1. The Bertz CT molecular complexity index is 645. The summed E-state index contributed by atoms with van der Waals surface area (Å²) < 4.78 is 32.0. The molecule has 2 aromatic rings. The molecule has 1 aromatic carbocycles. The zero-order valence-corrected chi connectivity index (χ0v) is 10.3. The fourth-order valence-electron chi connectivity index (χ4n) is 1.55. The van der Waals surface area contributed by atoms with Gasteiger partial charge in [-0.25, -0.2) is 23.5 Å². The Kier molecular flexibility index (Phi) is 3.50. The molecule has 1 heterocycles. The van der Waals surface area contributed by atoms with Gasteiger partial charge in [0.15, 0.2) is 11.5 Å². The molecule has 0 N–H and O–H groups in total. The van der Waals surface area contributed by atoms with E-state index in [9.17, 15) is 13.6 Å². The van der Waals surface area contributed by atoms with E-state index in [1.165, 1.54) is 12.1 Å². The van der Waals surface area contributed by atoms with Gasteiger partial charge in [-0.3, -0.25) is 0 Å². The minimum absolute atomic E-state index is 0.144. The van der Waals surface area contributed by atoms with E-state index in [0.717, 1.165) is 19.5 Å². The highest BCUT2D eigenvalue weighted by Crippen LogP contribution is 2.23. The third-order valence-electron chi connectivity index (χ3n) is 2.61. The lowest BCUT2D eigenvalue weighted by Crippen LogP contribution is -2.09. The van der Waals surface area contributed by atoms with Gasteiger partial charge in [-0.15, -0.1) is 0 Å². The lowest BCUT2D eigenvalue weighted by molar-refractivity contribution is 0.0588. The number of benzene rings is 1. The summed E-state index contributed by atoms with van der Waals surface area (Å²) in [4.78, 5) is 18.6. The van der Waals surface area contributed by atoms with Crippen LogP contribution in [0.2, 0.25) is 0 Å². The number of ether oxygens (including phenoxy) is 1. The highest BCUT2D eigenvalue weighted by molar-refractivity contribution is 5.88. The van der Waals surface area contributed by atoms with Gasteiger partial charge < -0.3 is 4.74 Å². The van der Waals surface area contributed by atoms with Crippen molar-refractivity contribution in [1.82, 2.24) is 9.97 Å². The summed E-state index contributed by atoms with van der Waals surface area (Å²) in [5.41, 5.74) is 0.0438. The topological polar surface area (TPSA) is 52.1 Å². The number of hydrogen-bond acceptors (Lipinski definition) is 4. The maximum absolute atomic E-state index is 14.1. The van der Waals surface area contributed by atoms with Crippen LogP contribution in [-0.2, 0) is 4.74 Å². The standard InChI is InChI=1S/C13H10F2N2O2/c1-7-3-4-8(5-9(7)14)11-10(15)12(13(18)19-2)17-6-16-11/h3-6H,1-2H3. The molecule has 0 aliphatic rings. The number of aryl methyl sites for hydroxylation is 1. The Morgan fingerprint density at radius 1 is 1.26 bits per heavy atom. The summed E-state index contributed by atoms with van der Waals surface area (Å²) in [6, 6.07) is 4.18. The van der Waals surface area contributed by atoms with Crippen LogP contribution in [0, 0.1) is 18.6 Å². The summed E-state index contributed by atoms with van der Waals surface area (Å²) in [5, 5.41) is 0. The number of halogens is 2. The van der Waals surface area contributed by atoms with Crippen LogP contribution < -0.4 is 0 Å². The quantitative estimate of drug-likeness (QED) is 0.782. The van der Waals surface area contributed by atoms with Crippen molar-refractivity contribution in [3.63, 3.8) is 0 Å². The summed E-state index contributed by atoms with van der Waals surface area (Å²) >= 11 is 0. The van der Waals surface area contributed by atoms with E-state index in [1.807, 2.05) is 0 Å². The Labute approximate surface area is 108 Å². The first-order chi connectivity index (χ1) is 9.04. The van der Waals surface area contributed by atoms with Crippen molar-refractivity contribution >= 4 is 5.97 Å². The van der Waals surface area contributed by atoms with E-state index in [1.54, 1.807) is 6.92 Å². The van der Waals surface area contributed by atoms with Gasteiger partial charge in [-0.1, -0.05) is 12.1 Å². The van der Waals surface area contributed by atoms with Gasteiger partial charge >= 0.3 is 5.97 Å². The van der Waals surface area contributed by atoms with Gasteiger partial charge in [0.1, 0.15) is 17.8 Å². The van der Waals surface area contributed by atoms with Gasteiger partial charge in [-0.05, 0) is 18.6 Å². The van der Waals surface area contributed by atoms with Crippen LogP contribution in [0.25, 0.3) is 11.3 Å². The minimum Gasteiger partial charge on any atom is -0.464 e. The van der Waals surface area contributed by atoms with Crippen LogP contribution >= 0.6 is 0 Å². The summed E-state index contributed by atoms with van der Waals surface area (Å²) in [5.74, 6) is -2.32. The molecule has 0 unspecified atom stereocenters. The van der Waals surface area contributed by atoms with Crippen LogP contribution in [0.3, 0.4) is 0 Å². The summed E-state index contributed by atoms with van der Waals surface area (Å²) in [6.45, 7) is 1.59. The molecule has 4 nitrogen and oxygen atoms in total. The Hall–Kier alpha value is -2.37. The van der Waals surface area contributed by atoms with E-state index < -0.39 is 23.3 Å². The SMILES string of the molecule is COC(=O)c1ncnc(-c2ccc(C)c(F)c2)c1F. The van der Waals surface area contributed by atoms with Crippen LogP contribution in [0.1, 0.15) is 16.1 Å². The molecule has 0 aliphatic carbocycles. The van der Waals surface area contributed by atoms with Gasteiger partial charge in [0.05, 0.1) is 7.11 Å². The summed E-state index contributed by atoms with van der Waals surface area (Å²) in [6.07, 6.45) is 1.03. The number of carbonyl (C=O) groups is 1. The van der Waals surface area contributed by atoms with Crippen molar-refractivity contribution in [3.8, 4) is 11.3 Å². The molecular formula is C13H10F2N2O2. The largest absolute Gasteiger partial charge is 0.464 e. The van der Waals surface area contributed by atoms with Crippen LogP contribution in [0.15, 0.2) is 24.5 Å². The van der Waals surface area contributed by atoms with Gasteiger partial charge in [0.2, 0.25) is 0 Å². The molecule has 0 aliphatic heterocycles. The molecule has 2 rings (SSSR count). The van der Waals surface area contributed by atoms with Crippen molar-refractivity contribution < 1.29 is 18.3 Å². The average molecular weight is 264 g/mol. The molecule has 0 saturated heterocycles. The van der Waals surface area contributed by atoms with Crippen LogP contribution in [0.4, 0.5) is 8.78 Å². The number of rotatable bonds is 2. The normalized spacial score (nSPS) is 10.3. The third kappa shape index (κ3) is 2.42. The number of carbonyl (C=O) groups excluding carboxylic acids is 1. The Morgan fingerprint density at radius 3 is 2.63 bits per heavy atom. The second-order valence-corrected chi connectivity index (χ2v) is 3.84. The van der Waals surface area contributed by atoms with Crippen molar-refractivity contribution in [1.29, 1.82) is 0 Å². The molecule has 0 bridgehead atoms. The molecule has 0 atom stereocenters. The molecule has 0 fully saturated rings. The van der Waals surface area contributed by atoms with Crippen molar-refractivity contribution in [3.05, 3.63) is 47.4 Å². The monoisotopic (exact) mass is 264 g/mol. The number of esters is 1. The molecule has 98 valence electrons. The van der Waals surface area contributed by atoms with Crippen LogP contribution in [0.5, 0.6) is 0 Å². The molecule has 6 heteroatoms. The number of aromatic nitrogens is 2. The van der Waals surface area contributed by atoms with Gasteiger partial charge in [0, 0.05) is 5.56 Å². The molecule has 0 spiro atoms. The minimum atomic E-state index is -0.933. The van der Waals surface area contributed by atoms with E-state index in [2.05, 4.69) is 14.7 Å². The predicted octanol–water partition coefficient (Wildman–Crippen LogP) is 2.52. The number of hydrogen-bond donors (Lipinski definition) is 0. The molecule has 0 saturated carbocycles. The van der Waals surface area contributed by atoms with E-state index in [4.69, 9.17) is 0 Å². The van der Waals surface area contributed by atoms with Crippen molar-refractivity contribution in [2.75, 3.05) is 7.11 Å². The number of methoxy groups -OCH3 is 1. The lowest BCUT2D eigenvalue weighted by atomic mass is 10.1. The van der Waals surface area contributed by atoms with E-state index in [0.29, 0.717) is 5.56 Å². The van der Waals surface area contributed by atoms with Gasteiger partial charge in [0.25, 0.3) is 0 Å². The fraction of sp³-hybridized carbons (Fsp3) is 0.154. The predicted molar refractivity (Wildman–Crippen MR) is 63.5 cm³/mol. The zero-order valence-electron chi connectivity index (χ0n) is 10.3. The molecule has 0 amide bonds. The molecular weight excluding hydrogens is 254 g/mol. The van der Waals surface area contributed by atoms with Crippen molar-refractivity contribution in [2.24, 2.45) is 0 Å². The Morgan fingerprint density at radius 2 is 2.00 bits per heavy atom. The Balaban J connectivity index is 2.56. The molecule has 0 radical (unpaired) electrons. The van der Waals surface area contributed by atoms with Crippen molar-refractivity contribution in [2.45, 2.75) is 6.92 Å². The second kappa shape index (κ2) is 5.09. The number of nitrogens with zero attached hydrogens (tertiary/aromatic N) is 2. The third-order valence-corrected chi connectivity index (χ3v) is 2.61. The highest BCUT2D eigenvalue weighted by atomic mass is 19.1. The first-order valence-electron chi connectivity index (χ1n) is 5.40. The lowest BCUT2D eigenvalue weighted by Gasteiger charge is -2.06. The fourth-order valence-corrected chi connectivity index (χ4v) is 1.55. The first-order valence-corrected chi connectivity index (χ1v) is 5.40. The zero-order chi connectivity index (χ0) is 14.0. The second-order valence-electron chi connectivity index (χ2n) is 3.84. The maximum Gasteiger partial charge on any atom is 0.359 e. The van der Waals surface area contributed by atoms with Gasteiger partial charge in [-0.2, -0.15) is 0 Å². The summed E-state index contributed by atoms with van der Waals surface area (Å²) in [7, 11) is 1.12. The van der Waals surface area contributed by atoms with E-state index in [-0.39, 0.29) is 11.3 Å².